The molecule has 0 fully saturated rings. The predicted molar refractivity (Wildman–Crippen MR) is 76.3 cm³/mol. The van der Waals surface area contributed by atoms with Crippen molar-refractivity contribution in [1.82, 2.24) is 15.1 Å². The van der Waals surface area contributed by atoms with Crippen LogP contribution >= 0.6 is 15.9 Å². The Labute approximate surface area is 113 Å². The molecule has 0 aliphatic heterocycles. The first kappa shape index (κ1) is 14.7. The van der Waals surface area contributed by atoms with Gasteiger partial charge in [0.05, 0.1) is 10.2 Å². The van der Waals surface area contributed by atoms with Crippen molar-refractivity contribution in [3.05, 3.63) is 15.9 Å². The molecule has 0 atom stereocenters. The maximum atomic E-state index is 4.51. The van der Waals surface area contributed by atoms with Crippen molar-refractivity contribution in [2.45, 2.75) is 47.1 Å². The summed E-state index contributed by atoms with van der Waals surface area (Å²) in [5, 5.41) is 7.97. The third-order valence-electron chi connectivity index (χ3n) is 2.82. The lowest BCUT2D eigenvalue weighted by atomic mass is 10.2. The van der Waals surface area contributed by atoms with E-state index < -0.39 is 0 Å². The van der Waals surface area contributed by atoms with Crippen LogP contribution in [0.1, 0.15) is 38.1 Å². The molecule has 0 amide bonds. The summed E-state index contributed by atoms with van der Waals surface area (Å²) in [6.45, 7) is 11.9. The van der Waals surface area contributed by atoms with Crippen LogP contribution in [-0.2, 0) is 6.54 Å². The molecule has 0 saturated heterocycles. The van der Waals surface area contributed by atoms with Crippen molar-refractivity contribution >= 4 is 15.9 Å². The van der Waals surface area contributed by atoms with Gasteiger partial charge in [-0.15, -0.1) is 0 Å². The first-order valence-electron chi connectivity index (χ1n) is 6.42. The van der Waals surface area contributed by atoms with E-state index in [0.717, 1.165) is 35.7 Å². The molecule has 0 radical (unpaired) electrons. The lowest BCUT2D eigenvalue weighted by molar-refractivity contribution is 0.500. The number of halogens is 1. The second-order valence-electron chi connectivity index (χ2n) is 5.01. The average molecular weight is 302 g/mol. The molecule has 1 rings (SSSR count). The topological polar surface area (TPSA) is 29.9 Å². The lowest BCUT2D eigenvalue weighted by Gasteiger charge is -2.07. The normalized spacial score (nSPS) is 11.4. The predicted octanol–water partition coefficient (Wildman–Crippen LogP) is 3.29. The van der Waals surface area contributed by atoms with Gasteiger partial charge in [0, 0.05) is 12.2 Å². The zero-order valence-corrected chi connectivity index (χ0v) is 13.0. The van der Waals surface area contributed by atoms with Crippen LogP contribution in [-0.4, -0.2) is 22.9 Å². The second-order valence-corrected chi connectivity index (χ2v) is 5.81. The molecule has 0 bridgehead atoms. The third kappa shape index (κ3) is 4.80. The third-order valence-corrected chi connectivity index (χ3v) is 3.97. The summed E-state index contributed by atoms with van der Waals surface area (Å²) < 4.78 is 3.25. The van der Waals surface area contributed by atoms with Crippen molar-refractivity contribution in [2.24, 2.45) is 5.92 Å². The van der Waals surface area contributed by atoms with E-state index in [-0.39, 0.29) is 0 Å². The fourth-order valence-corrected chi connectivity index (χ4v) is 2.08. The molecule has 1 heterocycles. The maximum Gasteiger partial charge on any atom is 0.0738 e. The Balaban J connectivity index is 2.20. The first-order valence-corrected chi connectivity index (χ1v) is 7.22. The van der Waals surface area contributed by atoms with Gasteiger partial charge in [-0.1, -0.05) is 13.8 Å². The SMILES string of the molecule is Cc1nn(CCCCNCC(C)C)c(C)c1Br. The number of hydrogen-bond donors (Lipinski definition) is 1. The molecule has 1 aromatic heterocycles. The van der Waals surface area contributed by atoms with E-state index in [4.69, 9.17) is 0 Å². The molecular formula is C13H24BrN3. The second kappa shape index (κ2) is 7.17. The molecule has 4 heteroatoms. The Bertz CT molecular complexity index is 345. The van der Waals surface area contributed by atoms with Crippen LogP contribution in [0.15, 0.2) is 4.47 Å². The van der Waals surface area contributed by atoms with Crippen molar-refractivity contribution in [1.29, 1.82) is 0 Å². The molecule has 0 spiro atoms. The molecular weight excluding hydrogens is 278 g/mol. The summed E-state index contributed by atoms with van der Waals surface area (Å²) in [4.78, 5) is 0. The Morgan fingerprint density at radius 1 is 1.29 bits per heavy atom. The van der Waals surface area contributed by atoms with Gasteiger partial charge < -0.3 is 5.32 Å². The largest absolute Gasteiger partial charge is 0.316 e. The number of nitrogens with zero attached hydrogens (tertiary/aromatic N) is 2. The van der Waals surface area contributed by atoms with Crippen LogP contribution in [0.2, 0.25) is 0 Å². The summed E-state index contributed by atoms with van der Waals surface area (Å²) in [7, 11) is 0. The summed E-state index contributed by atoms with van der Waals surface area (Å²) in [5.74, 6) is 0.738. The first-order chi connectivity index (χ1) is 8.02. The van der Waals surface area contributed by atoms with Gasteiger partial charge in [0.1, 0.15) is 0 Å². The Morgan fingerprint density at radius 3 is 2.53 bits per heavy atom. The van der Waals surface area contributed by atoms with Crippen molar-refractivity contribution in [2.75, 3.05) is 13.1 Å². The number of unbranched alkanes of at least 4 members (excludes halogenated alkanes) is 1. The zero-order valence-electron chi connectivity index (χ0n) is 11.4. The van der Waals surface area contributed by atoms with Crippen LogP contribution in [0.3, 0.4) is 0 Å². The number of aromatic nitrogens is 2. The van der Waals surface area contributed by atoms with Gasteiger partial charge in [0.25, 0.3) is 0 Å². The Kier molecular flexibility index (Phi) is 6.20. The molecule has 0 aromatic carbocycles. The van der Waals surface area contributed by atoms with Crippen molar-refractivity contribution < 1.29 is 0 Å². The fraction of sp³-hybridized carbons (Fsp3) is 0.769. The summed E-state index contributed by atoms with van der Waals surface area (Å²) in [6.07, 6.45) is 2.39. The van der Waals surface area contributed by atoms with Gasteiger partial charge in [-0.25, -0.2) is 0 Å². The van der Waals surface area contributed by atoms with Crippen LogP contribution in [0.5, 0.6) is 0 Å². The zero-order chi connectivity index (χ0) is 12.8. The van der Waals surface area contributed by atoms with Crippen LogP contribution < -0.4 is 5.32 Å². The molecule has 0 aliphatic rings. The molecule has 98 valence electrons. The smallest absolute Gasteiger partial charge is 0.0738 e. The van der Waals surface area contributed by atoms with Gasteiger partial charge in [0.15, 0.2) is 0 Å². The van der Waals surface area contributed by atoms with Gasteiger partial charge in [0.2, 0.25) is 0 Å². The van der Waals surface area contributed by atoms with Crippen LogP contribution in [0.4, 0.5) is 0 Å². The van der Waals surface area contributed by atoms with Crippen molar-refractivity contribution in [3.8, 4) is 0 Å². The Morgan fingerprint density at radius 2 is 2.00 bits per heavy atom. The quantitative estimate of drug-likeness (QED) is 0.783. The number of rotatable bonds is 7. The van der Waals surface area contributed by atoms with E-state index in [1.165, 1.54) is 18.5 Å². The molecule has 0 aliphatic carbocycles. The van der Waals surface area contributed by atoms with E-state index in [1.54, 1.807) is 0 Å². The number of nitrogens with one attached hydrogen (secondary N) is 1. The minimum Gasteiger partial charge on any atom is -0.316 e. The van der Waals surface area contributed by atoms with Crippen LogP contribution in [0.25, 0.3) is 0 Å². The number of aryl methyl sites for hydroxylation is 2. The van der Waals surface area contributed by atoms with E-state index in [0.29, 0.717) is 0 Å². The highest BCUT2D eigenvalue weighted by molar-refractivity contribution is 9.10. The van der Waals surface area contributed by atoms with E-state index in [2.05, 4.69) is 51.8 Å². The van der Waals surface area contributed by atoms with Gasteiger partial charge >= 0.3 is 0 Å². The van der Waals surface area contributed by atoms with Gasteiger partial charge in [-0.2, -0.15) is 5.10 Å². The molecule has 0 saturated carbocycles. The van der Waals surface area contributed by atoms with E-state index in [9.17, 15) is 0 Å². The molecule has 17 heavy (non-hydrogen) atoms. The minimum atomic E-state index is 0.738. The lowest BCUT2D eigenvalue weighted by Crippen LogP contribution is -2.21. The molecule has 1 aromatic rings. The molecule has 3 nitrogen and oxygen atoms in total. The highest BCUT2D eigenvalue weighted by atomic mass is 79.9. The standard InChI is InChI=1S/C13H24BrN3/c1-10(2)9-15-7-5-6-8-17-12(4)13(14)11(3)16-17/h10,15H,5-9H2,1-4H3. The van der Waals surface area contributed by atoms with Crippen LogP contribution in [0, 0.1) is 19.8 Å². The highest BCUT2D eigenvalue weighted by Crippen LogP contribution is 2.19. The fourth-order valence-electron chi connectivity index (χ4n) is 1.80. The average Bonchev–Trinajstić information content (AvgIpc) is 2.51. The number of hydrogen-bond acceptors (Lipinski definition) is 2. The van der Waals surface area contributed by atoms with Gasteiger partial charge in [-0.3, -0.25) is 4.68 Å². The van der Waals surface area contributed by atoms with E-state index in [1.807, 2.05) is 6.92 Å². The summed E-state index contributed by atoms with van der Waals surface area (Å²) in [6, 6.07) is 0. The minimum absolute atomic E-state index is 0.738. The highest BCUT2D eigenvalue weighted by Gasteiger charge is 2.07. The summed E-state index contributed by atoms with van der Waals surface area (Å²) in [5.41, 5.74) is 2.32. The summed E-state index contributed by atoms with van der Waals surface area (Å²) >= 11 is 3.55. The van der Waals surface area contributed by atoms with Crippen molar-refractivity contribution in [3.63, 3.8) is 0 Å². The molecule has 0 unspecified atom stereocenters. The van der Waals surface area contributed by atoms with E-state index >= 15 is 0 Å². The Hall–Kier alpha value is -0.350. The maximum absolute atomic E-state index is 4.51. The monoisotopic (exact) mass is 301 g/mol. The van der Waals surface area contributed by atoms with Gasteiger partial charge in [-0.05, 0) is 61.6 Å². The molecule has 1 N–H and O–H groups in total.